The van der Waals surface area contributed by atoms with Crippen molar-refractivity contribution in [1.82, 2.24) is 15.6 Å². The number of nitrogens with zero attached hydrogens (tertiary/aromatic N) is 1. The maximum absolute atomic E-state index is 13.3. The Bertz CT molecular complexity index is 1010. The number of nitrogens with one attached hydrogen (secondary N) is 2. The van der Waals surface area contributed by atoms with Gasteiger partial charge in [0.1, 0.15) is 5.75 Å². The first-order chi connectivity index (χ1) is 15.7. The third-order valence-corrected chi connectivity index (χ3v) is 8.72. The van der Waals surface area contributed by atoms with Gasteiger partial charge in [0, 0.05) is 22.1 Å². The third kappa shape index (κ3) is 4.50. The van der Waals surface area contributed by atoms with Crippen LogP contribution < -0.4 is 15.4 Å². The van der Waals surface area contributed by atoms with Crippen LogP contribution in [0.2, 0.25) is 5.02 Å². The van der Waals surface area contributed by atoms with E-state index in [-0.39, 0.29) is 23.3 Å². The number of ether oxygens (including phenoxy) is 1. The fraction of sp³-hybridized carbons (Fsp3) is 0.560. The number of hydrogen-bond acceptors (Lipinski definition) is 5. The molecule has 0 spiro atoms. The van der Waals surface area contributed by atoms with Crippen LogP contribution in [-0.2, 0) is 16.1 Å². The quantitative estimate of drug-likeness (QED) is 0.599. The molecule has 176 valence electrons. The van der Waals surface area contributed by atoms with Gasteiger partial charge in [-0.1, -0.05) is 11.6 Å². The van der Waals surface area contributed by atoms with Crippen LogP contribution in [-0.4, -0.2) is 28.4 Å². The maximum Gasteiger partial charge on any atom is 0.263 e. The van der Waals surface area contributed by atoms with Crippen molar-refractivity contribution in [3.63, 3.8) is 0 Å². The molecule has 4 saturated carbocycles. The zero-order valence-corrected chi connectivity index (χ0v) is 20.5. The Morgan fingerprint density at radius 2 is 1.88 bits per heavy atom. The summed E-state index contributed by atoms with van der Waals surface area (Å²) in [6.45, 7) is 4.13. The van der Waals surface area contributed by atoms with E-state index in [1.54, 1.807) is 55.0 Å². The second-order valence-electron chi connectivity index (χ2n) is 10.5. The van der Waals surface area contributed by atoms with Gasteiger partial charge in [-0.15, -0.1) is 11.3 Å². The molecule has 2 aromatic rings. The largest absolute Gasteiger partial charge is 0.478 e. The highest BCUT2D eigenvalue weighted by molar-refractivity contribution is 7.09. The van der Waals surface area contributed by atoms with Crippen molar-refractivity contribution in [1.29, 1.82) is 0 Å². The molecule has 2 amide bonds. The zero-order chi connectivity index (χ0) is 23.2. The van der Waals surface area contributed by atoms with Gasteiger partial charge in [0.05, 0.1) is 17.5 Å². The average molecular weight is 488 g/mol. The molecule has 6 nitrogen and oxygen atoms in total. The Morgan fingerprint density at radius 1 is 1.18 bits per heavy atom. The monoisotopic (exact) mass is 487 g/mol. The first-order valence-corrected chi connectivity index (χ1v) is 12.9. The van der Waals surface area contributed by atoms with E-state index in [0.29, 0.717) is 35.1 Å². The van der Waals surface area contributed by atoms with Crippen LogP contribution in [0.1, 0.15) is 50.8 Å². The van der Waals surface area contributed by atoms with Crippen molar-refractivity contribution in [2.24, 2.45) is 23.2 Å². The highest BCUT2D eigenvalue weighted by Crippen LogP contribution is 2.60. The van der Waals surface area contributed by atoms with Gasteiger partial charge in [0.25, 0.3) is 5.91 Å². The topological polar surface area (TPSA) is 80.3 Å². The summed E-state index contributed by atoms with van der Waals surface area (Å²) in [6.07, 6.45) is 6.65. The normalized spacial score (nSPS) is 30.2. The lowest BCUT2D eigenvalue weighted by Crippen LogP contribution is -2.64. The standard InChI is InChI=1S/C25H30ClN3O3S/c1-24(2,32-19-5-3-18(26)4-6-19)22(30)29-21-16-7-15-8-17(21)11-25(9-15,10-16)23(31)28-13-20-12-27-14-33-20/h3-6,12,14-17,21H,7-11,13H2,1-2H3,(H,28,31)(H,29,30)/t15?,16?,17?,21-,25+. The van der Waals surface area contributed by atoms with Gasteiger partial charge in [-0.3, -0.25) is 14.6 Å². The number of amides is 2. The first kappa shape index (κ1) is 22.7. The lowest BCUT2D eigenvalue weighted by molar-refractivity contribution is -0.152. The van der Waals surface area contributed by atoms with Gasteiger partial charge in [-0.25, -0.2) is 0 Å². The van der Waals surface area contributed by atoms with Crippen molar-refractivity contribution in [2.75, 3.05) is 0 Å². The molecule has 2 atom stereocenters. The highest BCUT2D eigenvalue weighted by atomic mass is 35.5. The second-order valence-corrected chi connectivity index (χ2v) is 11.9. The summed E-state index contributed by atoms with van der Waals surface area (Å²) in [5.41, 5.74) is 0.488. The highest BCUT2D eigenvalue weighted by Gasteiger charge is 2.59. The summed E-state index contributed by atoms with van der Waals surface area (Å²) < 4.78 is 6.00. The molecular weight excluding hydrogens is 458 g/mol. The fourth-order valence-corrected chi connectivity index (χ4v) is 7.05. The van der Waals surface area contributed by atoms with E-state index in [4.69, 9.17) is 16.3 Å². The van der Waals surface area contributed by atoms with Crippen LogP contribution in [0.4, 0.5) is 0 Å². The Balaban J connectivity index is 1.24. The third-order valence-electron chi connectivity index (χ3n) is 7.69. The molecule has 8 heteroatoms. The molecule has 1 aromatic carbocycles. The number of carbonyl (C=O) groups is 2. The molecule has 4 bridgehead atoms. The molecule has 4 fully saturated rings. The zero-order valence-electron chi connectivity index (χ0n) is 19.0. The molecule has 0 radical (unpaired) electrons. The summed E-state index contributed by atoms with van der Waals surface area (Å²) in [4.78, 5) is 31.7. The SMILES string of the molecule is CC(C)(Oc1ccc(Cl)cc1)C(=O)N[C@H]1C2CC3CC1C[C@@](C(=O)NCc1cncs1)(C3)C2. The number of aromatic nitrogens is 1. The fourth-order valence-electron chi connectivity index (χ4n) is 6.39. The first-order valence-electron chi connectivity index (χ1n) is 11.7. The van der Waals surface area contributed by atoms with Crippen LogP contribution in [0.25, 0.3) is 0 Å². The van der Waals surface area contributed by atoms with Gasteiger partial charge < -0.3 is 15.4 Å². The van der Waals surface area contributed by atoms with E-state index >= 15 is 0 Å². The van der Waals surface area contributed by atoms with E-state index < -0.39 is 5.60 Å². The number of rotatable bonds is 7. The predicted molar refractivity (Wildman–Crippen MR) is 128 cm³/mol. The van der Waals surface area contributed by atoms with Crippen LogP contribution >= 0.6 is 22.9 Å². The summed E-state index contributed by atoms with van der Waals surface area (Å²) in [5.74, 6) is 1.91. The van der Waals surface area contributed by atoms with Crippen molar-refractivity contribution >= 4 is 34.8 Å². The van der Waals surface area contributed by atoms with Gasteiger partial charge in [-0.05, 0) is 88.0 Å². The van der Waals surface area contributed by atoms with Gasteiger partial charge in [0.2, 0.25) is 5.91 Å². The molecular formula is C25H30ClN3O3S. The lowest BCUT2D eigenvalue weighted by atomic mass is 9.47. The van der Waals surface area contributed by atoms with Crippen molar-refractivity contribution in [3.8, 4) is 5.75 Å². The Kier molecular flexibility index (Phi) is 5.90. The molecule has 1 aromatic heterocycles. The molecule has 0 aliphatic heterocycles. The number of carbonyl (C=O) groups excluding carboxylic acids is 2. The van der Waals surface area contributed by atoms with Crippen molar-refractivity contribution in [3.05, 3.63) is 45.9 Å². The second kappa shape index (κ2) is 8.58. The molecule has 33 heavy (non-hydrogen) atoms. The molecule has 2 unspecified atom stereocenters. The molecule has 4 aliphatic carbocycles. The van der Waals surface area contributed by atoms with Crippen LogP contribution in [0.5, 0.6) is 5.75 Å². The number of halogens is 1. The molecule has 6 rings (SSSR count). The van der Waals surface area contributed by atoms with E-state index in [1.807, 2.05) is 6.20 Å². The minimum atomic E-state index is -1.01. The molecule has 4 aliphatic rings. The van der Waals surface area contributed by atoms with Crippen molar-refractivity contribution < 1.29 is 14.3 Å². The number of benzene rings is 1. The van der Waals surface area contributed by atoms with E-state index in [9.17, 15) is 9.59 Å². The summed E-state index contributed by atoms with van der Waals surface area (Å²) in [6, 6.07) is 7.15. The summed E-state index contributed by atoms with van der Waals surface area (Å²) in [7, 11) is 0. The summed E-state index contributed by atoms with van der Waals surface area (Å²) in [5, 5.41) is 7.11. The number of hydrogen-bond donors (Lipinski definition) is 2. The van der Waals surface area contributed by atoms with E-state index in [1.165, 1.54) is 0 Å². The predicted octanol–water partition coefficient (Wildman–Crippen LogP) is 4.58. The van der Waals surface area contributed by atoms with E-state index in [0.717, 1.165) is 37.0 Å². The van der Waals surface area contributed by atoms with Crippen LogP contribution in [0.15, 0.2) is 36.0 Å². The van der Waals surface area contributed by atoms with Crippen molar-refractivity contribution in [2.45, 2.75) is 64.1 Å². The Hall–Kier alpha value is -2.12. The van der Waals surface area contributed by atoms with Gasteiger partial charge in [0.15, 0.2) is 5.60 Å². The van der Waals surface area contributed by atoms with Crippen LogP contribution in [0, 0.1) is 23.2 Å². The van der Waals surface area contributed by atoms with Crippen LogP contribution in [0.3, 0.4) is 0 Å². The molecule has 0 saturated heterocycles. The lowest BCUT2D eigenvalue weighted by Gasteiger charge is -2.59. The van der Waals surface area contributed by atoms with Gasteiger partial charge >= 0.3 is 0 Å². The Morgan fingerprint density at radius 3 is 2.52 bits per heavy atom. The average Bonchev–Trinajstić information content (AvgIpc) is 3.29. The van der Waals surface area contributed by atoms with Gasteiger partial charge in [-0.2, -0.15) is 0 Å². The smallest absolute Gasteiger partial charge is 0.263 e. The minimum absolute atomic E-state index is 0.101. The maximum atomic E-state index is 13.3. The Labute approximate surface area is 203 Å². The molecule has 1 heterocycles. The van der Waals surface area contributed by atoms with E-state index in [2.05, 4.69) is 15.6 Å². The summed E-state index contributed by atoms with van der Waals surface area (Å²) >= 11 is 7.52. The minimum Gasteiger partial charge on any atom is -0.478 e. The number of thiazole rings is 1. The molecule has 2 N–H and O–H groups in total.